The van der Waals surface area contributed by atoms with Crippen LogP contribution in [0.2, 0.25) is 5.02 Å². The lowest BCUT2D eigenvalue weighted by Crippen LogP contribution is -2.25. The number of anilines is 1. The Morgan fingerprint density at radius 1 is 1.19 bits per heavy atom. The van der Waals surface area contributed by atoms with Crippen LogP contribution in [-0.4, -0.2) is 29.6 Å². The Balaban J connectivity index is 1.71. The molecule has 0 amide bonds. The van der Waals surface area contributed by atoms with Crippen molar-refractivity contribution >= 4 is 27.6 Å². The molecule has 2 aromatic carbocycles. The van der Waals surface area contributed by atoms with Crippen LogP contribution in [0.4, 0.5) is 19.1 Å². The Morgan fingerprint density at radius 2 is 1.87 bits per heavy atom. The molecule has 31 heavy (non-hydrogen) atoms. The van der Waals surface area contributed by atoms with Crippen LogP contribution in [0, 0.1) is 0 Å². The molecule has 7 nitrogen and oxygen atoms in total. The highest BCUT2D eigenvalue weighted by molar-refractivity contribution is 7.89. The zero-order valence-electron chi connectivity index (χ0n) is 15.9. The number of sulfonamides is 1. The third kappa shape index (κ3) is 4.83. The van der Waals surface area contributed by atoms with Gasteiger partial charge in [-0.2, -0.15) is 18.2 Å². The normalized spacial score (nSPS) is 14.7. The standard InChI is InChI=1S/C19H17ClF3N5O2S/c20-15-8-10(9-16-25-18(24)27-26-16)7-14(19(21,22)23)17(15)11-1-5-13(6-2-11)31(29,30)28-12-3-4-12/h1-2,5-8,12,28H,3-4,9H2,(H3,24,25,26,27). The molecule has 12 heteroatoms. The number of nitrogens with zero attached hydrogens (tertiary/aromatic N) is 2. The number of benzene rings is 2. The van der Waals surface area contributed by atoms with Crippen molar-refractivity contribution in [2.45, 2.75) is 36.4 Å². The van der Waals surface area contributed by atoms with Gasteiger partial charge in [-0.05, 0) is 48.2 Å². The fourth-order valence-corrected chi connectivity index (χ4v) is 4.81. The van der Waals surface area contributed by atoms with Gasteiger partial charge in [0.15, 0.2) is 0 Å². The first kappa shape index (κ1) is 21.6. The van der Waals surface area contributed by atoms with Crippen molar-refractivity contribution in [3.05, 3.63) is 58.4 Å². The van der Waals surface area contributed by atoms with Crippen LogP contribution in [0.25, 0.3) is 11.1 Å². The second-order valence-corrected chi connectivity index (χ2v) is 9.36. The summed E-state index contributed by atoms with van der Waals surface area (Å²) in [5.74, 6) is 0.284. The molecule has 4 N–H and O–H groups in total. The first-order chi connectivity index (χ1) is 14.5. The van der Waals surface area contributed by atoms with Crippen molar-refractivity contribution in [1.82, 2.24) is 19.9 Å². The van der Waals surface area contributed by atoms with E-state index >= 15 is 0 Å². The predicted molar refractivity (Wildman–Crippen MR) is 109 cm³/mol. The summed E-state index contributed by atoms with van der Waals surface area (Å²) >= 11 is 6.25. The second kappa shape index (κ2) is 7.81. The van der Waals surface area contributed by atoms with Gasteiger partial charge in [-0.3, -0.25) is 5.10 Å². The maximum atomic E-state index is 13.8. The number of nitrogens with one attached hydrogen (secondary N) is 2. The van der Waals surface area contributed by atoms with E-state index in [1.165, 1.54) is 30.3 Å². The minimum absolute atomic E-state index is 0.0139. The molecule has 0 aliphatic heterocycles. The largest absolute Gasteiger partial charge is 0.417 e. The molecule has 1 aromatic heterocycles. The first-order valence-electron chi connectivity index (χ1n) is 9.22. The van der Waals surface area contributed by atoms with Gasteiger partial charge < -0.3 is 5.73 Å². The van der Waals surface area contributed by atoms with Crippen molar-refractivity contribution in [1.29, 1.82) is 0 Å². The average Bonchev–Trinajstić information content (AvgIpc) is 3.39. The molecule has 0 atom stereocenters. The third-order valence-electron chi connectivity index (χ3n) is 4.73. The van der Waals surface area contributed by atoms with Crippen molar-refractivity contribution in [2.24, 2.45) is 0 Å². The van der Waals surface area contributed by atoms with Crippen molar-refractivity contribution in [3.8, 4) is 11.1 Å². The average molecular weight is 472 g/mol. The fraction of sp³-hybridized carbons (Fsp3) is 0.263. The van der Waals surface area contributed by atoms with E-state index in [1.54, 1.807) is 0 Å². The highest BCUT2D eigenvalue weighted by atomic mass is 35.5. The Morgan fingerprint density at radius 3 is 2.42 bits per heavy atom. The second-order valence-electron chi connectivity index (χ2n) is 7.23. The minimum Gasteiger partial charge on any atom is -0.367 e. The van der Waals surface area contributed by atoms with Gasteiger partial charge in [0, 0.05) is 23.0 Å². The Kier molecular flexibility index (Phi) is 5.44. The molecular formula is C19H17ClF3N5O2S. The lowest BCUT2D eigenvalue weighted by Gasteiger charge is -2.17. The summed E-state index contributed by atoms with van der Waals surface area (Å²) in [6.07, 6.45) is -3.12. The SMILES string of the molecule is Nc1n[nH]c(Cc2cc(Cl)c(-c3ccc(S(=O)(=O)NC4CC4)cc3)c(C(F)(F)F)c2)n1. The van der Waals surface area contributed by atoms with Crippen LogP contribution in [0.5, 0.6) is 0 Å². The summed E-state index contributed by atoms with van der Waals surface area (Å²) < 4.78 is 68.6. The van der Waals surface area contributed by atoms with Gasteiger partial charge in [-0.1, -0.05) is 23.7 Å². The smallest absolute Gasteiger partial charge is 0.367 e. The van der Waals surface area contributed by atoms with Crippen LogP contribution < -0.4 is 10.5 Å². The van der Waals surface area contributed by atoms with E-state index in [-0.39, 0.29) is 45.0 Å². The lowest BCUT2D eigenvalue weighted by atomic mass is 9.96. The van der Waals surface area contributed by atoms with Gasteiger partial charge in [0.25, 0.3) is 0 Å². The monoisotopic (exact) mass is 471 g/mol. The number of halogens is 4. The van der Waals surface area contributed by atoms with E-state index in [0.29, 0.717) is 5.82 Å². The summed E-state index contributed by atoms with van der Waals surface area (Å²) in [6.45, 7) is 0. The van der Waals surface area contributed by atoms with Gasteiger partial charge in [-0.15, -0.1) is 5.10 Å². The first-order valence-corrected chi connectivity index (χ1v) is 11.1. The molecule has 1 fully saturated rings. The number of alkyl halides is 3. The molecule has 4 rings (SSSR count). The number of nitrogens with two attached hydrogens (primary N) is 1. The Hall–Kier alpha value is -2.63. The molecule has 0 bridgehead atoms. The summed E-state index contributed by atoms with van der Waals surface area (Å²) in [6, 6.07) is 7.47. The molecule has 0 unspecified atom stereocenters. The van der Waals surface area contributed by atoms with Gasteiger partial charge in [0.1, 0.15) is 5.82 Å². The number of aromatic amines is 1. The maximum absolute atomic E-state index is 13.8. The molecule has 1 aliphatic rings. The number of nitrogen functional groups attached to an aromatic ring is 1. The topological polar surface area (TPSA) is 114 Å². The van der Waals surface area contributed by atoms with Crippen LogP contribution in [0.1, 0.15) is 29.8 Å². The van der Waals surface area contributed by atoms with Crippen LogP contribution in [0.15, 0.2) is 41.3 Å². The maximum Gasteiger partial charge on any atom is 0.417 e. The van der Waals surface area contributed by atoms with Crippen LogP contribution in [-0.2, 0) is 22.6 Å². The fourth-order valence-electron chi connectivity index (χ4n) is 3.15. The van der Waals surface area contributed by atoms with E-state index in [0.717, 1.165) is 18.9 Å². The summed E-state index contributed by atoms with van der Waals surface area (Å²) in [7, 11) is -3.72. The molecule has 3 aromatic rings. The summed E-state index contributed by atoms with van der Waals surface area (Å²) in [5.41, 5.74) is 4.68. The minimum atomic E-state index is -4.69. The van der Waals surface area contributed by atoms with Gasteiger partial charge in [0.05, 0.1) is 10.5 Å². The number of hydrogen-bond donors (Lipinski definition) is 3. The number of H-pyrrole nitrogens is 1. The van der Waals surface area contributed by atoms with E-state index in [9.17, 15) is 21.6 Å². The highest BCUT2D eigenvalue weighted by Crippen LogP contribution is 2.42. The molecule has 0 saturated heterocycles. The highest BCUT2D eigenvalue weighted by Gasteiger charge is 2.35. The number of aromatic nitrogens is 3. The lowest BCUT2D eigenvalue weighted by molar-refractivity contribution is -0.137. The number of hydrogen-bond acceptors (Lipinski definition) is 5. The zero-order valence-corrected chi connectivity index (χ0v) is 17.4. The zero-order chi connectivity index (χ0) is 22.4. The van der Waals surface area contributed by atoms with Crippen LogP contribution >= 0.6 is 11.6 Å². The predicted octanol–water partition coefficient (Wildman–Crippen LogP) is 3.76. The molecular weight excluding hydrogens is 455 g/mol. The Bertz CT molecular complexity index is 1220. The molecule has 1 saturated carbocycles. The molecule has 0 radical (unpaired) electrons. The van der Waals surface area contributed by atoms with Gasteiger partial charge >= 0.3 is 6.18 Å². The van der Waals surface area contributed by atoms with Crippen molar-refractivity contribution in [2.75, 3.05) is 5.73 Å². The van der Waals surface area contributed by atoms with Gasteiger partial charge in [-0.25, -0.2) is 13.1 Å². The van der Waals surface area contributed by atoms with Crippen molar-refractivity contribution in [3.63, 3.8) is 0 Å². The van der Waals surface area contributed by atoms with E-state index in [2.05, 4.69) is 19.9 Å². The van der Waals surface area contributed by atoms with Gasteiger partial charge in [0.2, 0.25) is 16.0 Å². The van der Waals surface area contributed by atoms with E-state index in [1.807, 2.05) is 0 Å². The Labute approximate surface area is 180 Å². The quantitative estimate of drug-likeness (QED) is 0.506. The third-order valence-corrected chi connectivity index (χ3v) is 6.56. The van der Waals surface area contributed by atoms with Crippen molar-refractivity contribution < 1.29 is 21.6 Å². The van der Waals surface area contributed by atoms with E-state index < -0.39 is 21.8 Å². The number of rotatable bonds is 6. The summed E-state index contributed by atoms with van der Waals surface area (Å²) in [4.78, 5) is 3.87. The molecule has 1 aliphatic carbocycles. The molecule has 164 valence electrons. The summed E-state index contributed by atoms with van der Waals surface area (Å²) in [5, 5.41) is 6.07. The van der Waals surface area contributed by atoms with Crippen LogP contribution in [0.3, 0.4) is 0 Å². The van der Waals surface area contributed by atoms with E-state index in [4.69, 9.17) is 17.3 Å². The molecule has 0 spiro atoms. The molecule has 1 heterocycles.